The van der Waals surface area contributed by atoms with Gasteiger partial charge < -0.3 is 21.1 Å². The number of aryl methyl sites for hydroxylation is 1. The molecule has 0 bridgehead atoms. The maximum atomic E-state index is 12.6. The van der Waals surface area contributed by atoms with E-state index in [1.807, 2.05) is 31.2 Å². The van der Waals surface area contributed by atoms with Crippen LogP contribution in [0.25, 0.3) is 0 Å². The number of amides is 1. The minimum absolute atomic E-state index is 0.295. The molecular formula is C21H24N6O2. The zero-order valence-corrected chi connectivity index (χ0v) is 16.6. The molecule has 0 radical (unpaired) electrons. The monoisotopic (exact) mass is 392 g/mol. The van der Waals surface area contributed by atoms with Gasteiger partial charge >= 0.3 is 0 Å². The summed E-state index contributed by atoms with van der Waals surface area (Å²) in [5.74, 6) is 0.00603. The largest absolute Gasteiger partial charge is 0.389 e. The molecule has 1 aromatic carbocycles. The van der Waals surface area contributed by atoms with Crippen molar-refractivity contribution in [2.45, 2.75) is 26.4 Å². The lowest BCUT2D eigenvalue weighted by Gasteiger charge is -2.17. The zero-order chi connectivity index (χ0) is 20.9. The number of nitrogens with one attached hydrogen (secondary N) is 3. The number of aliphatic hydroxyl groups is 1. The van der Waals surface area contributed by atoms with Crippen LogP contribution in [0.1, 0.15) is 29.8 Å². The lowest BCUT2D eigenvalue weighted by molar-refractivity contribution is 0.0942. The zero-order valence-electron chi connectivity index (χ0n) is 16.6. The Balaban J connectivity index is 1.68. The molecule has 0 aliphatic carbocycles. The number of nitrogens with zero attached hydrogens (tertiary/aromatic N) is 3. The van der Waals surface area contributed by atoms with Crippen molar-refractivity contribution in [3.63, 3.8) is 0 Å². The first-order chi connectivity index (χ1) is 13.8. The molecule has 0 aliphatic heterocycles. The second-order valence-corrected chi connectivity index (χ2v) is 7.33. The van der Waals surface area contributed by atoms with Crippen LogP contribution in [0.4, 0.5) is 23.0 Å². The topological polar surface area (TPSA) is 112 Å². The van der Waals surface area contributed by atoms with Crippen LogP contribution in [0.15, 0.2) is 55.1 Å². The molecule has 3 rings (SSSR count). The number of rotatable bonds is 7. The molecule has 0 aliphatic rings. The number of aromatic nitrogens is 3. The van der Waals surface area contributed by atoms with Gasteiger partial charge in [-0.1, -0.05) is 17.7 Å². The van der Waals surface area contributed by atoms with Crippen LogP contribution in [-0.2, 0) is 0 Å². The third-order valence-corrected chi connectivity index (χ3v) is 3.99. The average Bonchev–Trinajstić information content (AvgIpc) is 2.69. The number of hydrogen-bond acceptors (Lipinski definition) is 7. The molecule has 8 heteroatoms. The van der Waals surface area contributed by atoms with Gasteiger partial charge in [-0.15, -0.1) is 0 Å². The van der Waals surface area contributed by atoms with E-state index in [2.05, 4.69) is 30.9 Å². The molecule has 0 saturated heterocycles. The van der Waals surface area contributed by atoms with Gasteiger partial charge in [0.05, 0.1) is 28.7 Å². The highest BCUT2D eigenvalue weighted by atomic mass is 16.3. The fourth-order valence-corrected chi connectivity index (χ4v) is 2.42. The standard InChI is InChI=1S/C21H24N6O2/c1-14-4-6-16(7-5-14)26-18-12-22-9-8-17(18)27-19(28)15-10-23-20(24-11-15)25-13-21(2,3)29/h4-12,26,29H,13H2,1-3H3,(H,22,27,28)(H,23,24,25). The molecule has 0 fully saturated rings. The van der Waals surface area contributed by atoms with Crippen LogP contribution in [0.2, 0.25) is 0 Å². The quantitative estimate of drug-likeness (QED) is 0.488. The minimum Gasteiger partial charge on any atom is -0.389 e. The molecule has 0 atom stereocenters. The molecule has 1 amide bonds. The van der Waals surface area contributed by atoms with E-state index in [9.17, 15) is 9.90 Å². The summed E-state index contributed by atoms with van der Waals surface area (Å²) in [5, 5.41) is 18.8. The van der Waals surface area contributed by atoms with Crippen LogP contribution in [0.5, 0.6) is 0 Å². The molecule has 29 heavy (non-hydrogen) atoms. The van der Waals surface area contributed by atoms with E-state index >= 15 is 0 Å². The van der Waals surface area contributed by atoms with Crippen molar-refractivity contribution in [3.8, 4) is 0 Å². The van der Waals surface area contributed by atoms with Gasteiger partial charge in [-0.05, 0) is 39.0 Å². The van der Waals surface area contributed by atoms with E-state index in [1.54, 1.807) is 32.3 Å². The number of hydrogen-bond donors (Lipinski definition) is 4. The Morgan fingerprint density at radius 3 is 2.38 bits per heavy atom. The van der Waals surface area contributed by atoms with Gasteiger partial charge in [-0.3, -0.25) is 9.78 Å². The number of benzene rings is 1. The number of carbonyl (C=O) groups is 1. The normalized spacial score (nSPS) is 11.0. The fraction of sp³-hybridized carbons (Fsp3) is 0.238. The summed E-state index contributed by atoms with van der Waals surface area (Å²) in [6.45, 7) is 5.67. The average molecular weight is 392 g/mol. The number of anilines is 4. The maximum absolute atomic E-state index is 12.6. The number of carbonyl (C=O) groups excluding carboxylic acids is 1. The molecule has 2 heterocycles. The van der Waals surface area contributed by atoms with Crippen molar-refractivity contribution in [3.05, 3.63) is 66.2 Å². The Hall–Kier alpha value is -3.52. The summed E-state index contributed by atoms with van der Waals surface area (Å²) in [7, 11) is 0. The van der Waals surface area contributed by atoms with Gasteiger partial charge in [-0.2, -0.15) is 0 Å². The highest BCUT2D eigenvalue weighted by Gasteiger charge is 2.14. The van der Waals surface area contributed by atoms with Crippen LogP contribution in [-0.4, -0.2) is 38.1 Å². The molecule has 150 valence electrons. The lowest BCUT2D eigenvalue weighted by Crippen LogP contribution is -2.30. The summed E-state index contributed by atoms with van der Waals surface area (Å²) in [5.41, 5.74) is 2.75. The SMILES string of the molecule is Cc1ccc(Nc2cnccc2NC(=O)c2cnc(NCC(C)(C)O)nc2)cc1. The minimum atomic E-state index is -0.887. The van der Waals surface area contributed by atoms with E-state index < -0.39 is 5.60 Å². The molecule has 8 nitrogen and oxygen atoms in total. The summed E-state index contributed by atoms with van der Waals surface area (Å²) < 4.78 is 0. The Labute approximate surface area is 169 Å². The molecule has 2 aromatic heterocycles. The molecule has 0 saturated carbocycles. The summed E-state index contributed by atoms with van der Waals surface area (Å²) in [4.78, 5) is 25.0. The first-order valence-corrected chi connectivity index (χ1v) is 9.17. The van der Waals surface area contributed by atoms with Gasteiger partial charge in [0.1, 0.15) is 0 Å². The van der Waals surface area contributed by atoms with Crippen LogP contribution >= 0.6 is 0 Å². The molecule has 0 spiro atoms. The van der Waals surface area contributed by atoms with Crippen molar-refractivity contribution >= 4 is 28.9 Å². The molecule has 3 aromatic rings. The predicted molar refractivity (Wildman–Crippen MR) is 113 cm³/mol. The first-order valence-electron chi connectivity index (χ1n) is 9.17. The van der Waals surface area contributed by atoms with Crippen molar-refractivity contribution in [2.75, 3.05) is 22.5 Å². The van der Waals surface area contributed by atoms with Gasteiger partial charge in [-0.25, -0.2) is 9.97 Å². The second-order valence-electron chi connectivity index (χ2n) is 7.33. The summed E-state index contributed by atoms with van der Waals surface area (Å²) in [6, 6.07) is 9.64. The molecule has 4 N–H and O–H groups in total. The van der Waals surface area contributed by atoms with E-state index in [0.717, 1.165) is 11.3 Å². The van der Waals surface area contributed by atoms with E-state index in [1.165, 1.54) is 12.4 Å². The van der Waals surface area contributed by atoms with Gasteiger partial charge in [0, 0.05) is 30.8 Å². The number of pyridine rings is 1. The summed E-state index contributed by atoms with van der Waals surface area (Å²) >= 11 is 0. The maximum Gasteiger partial charge on any atom is 0.258 e. The van der Waals surface area contributed by atoms with E-state index in [-0.39, 0.29) is 5.91 Å². The lowest BCUT2D eigenvalue weighted by atomic mass is 10.1. The fourth-order valence-electron chi connectivity index (χ4n) is 2.42. The van der Waals surface area contributed by atoms with Gasteiger partial charge in [0.2, 0.25) is 5.95 Å². The highest BCUT2D eigenvalue weighted by molar-refractivity contribution is 6.05. The molecule has 0 unspecified atom stereocenters. The van der Waals surface area contributed by atoms with Crippen LogP contribution in [0, 0.1) is 6.92 Å². The Bertz CT molecular complexity index is 966. The van der Waals surface area contributed by atoms with E-state index in [0.29, 0.717) is 29.4 Å². The van der Waals surface area contributed by atoms with E-state index in [4.69, 9.17) is 0 Å². The summed E-state index contributed by atoms with van der Waals surface area (Å²) in [6.07, 6.45) is 6.12. The van der Waals surface area contributed by atoms with Gasteiger partial charge in [0.15, 0.2) is 0 Å². The second kappa shape index (κ2) is 8.66. The van der Waals surface area contributed by atoms with Crippen molar-refractivity contribution in [1.29, 1.82) is 0 Å². The van der Waals surface area contributed by atoms with Crippen molar-refractivity contribution in [1.82, 2.24) is 15.0 Å². The first kappa shape index (κ1) is 20.2. The smallest absolute Gasteiger partial charge is 0.258 e. The Morgan fingerprint density at radius 1 is 1.03 bits per heavy atom. The van der Waals surface area contributed by atoms with Crippen LogP contribution in [0.3, 0.4) is 0 Å². The molecular weight excluding hydrogens is 368 g/mol. The Morgan fingerprint density at radius 2 is 1.72 bits per heavy atom. The van der Waals surface area contributed by atoms with Gasteiger partial charge in [0.25, 0.3) is 5.91 Å². The van der Waals surface area contributed by atoms with Crippen molar-refractivity contribution < 1.29 is 9.90 Å². The predicted octanol–water partition coefficient (Wildman–Crippen LogP) is 3.36. The van der Waals surface area contributed by atoms with Crippen molar-refractivity contribution in [2.24, 2.45) is 0 Å². The highest BCUT2D eigenvalue weighted by Crippen LogP contribution is 2.25. The Kier molecular flexibility index (Phi) is 6.04. The third kappa shape index (κ3) is 5.98. The van der Waals surface area contributed by atoms with Crippen LogP contribution < -0.4 is 16.0 Å². The third-order valence-electron chi connectivity index (χ3n) is 3.99.